The first kappa shape index (κ1) is 21.9. The van der Waals surface area contributed by atoms with Crippen molar-refractivity contribution in [2.45, 2.75) is 45.2 Å². The molecule has 7 heteroatoms. The topological polar surface area (TPSA) is 75.4 Å². The molecule has 0 saturated carbocycles. The summed E-state index contributed by atoms with van der Waals surface area (Å²) < 4.78 is 0.968. The number of nitrogens with two attached hydrogens (primary N) is 1. The lowest BCUT2D eigenvalue weighted by Gasteiger charge is -2.35. The number of carbonyl (C=O) groups excluding carboxylic acids is 2. The van der Waals surface area contributed by atoms with Crippen molar-refractivity contribution in [1.29, 1.82) is 0 Å². The minimum absolute atomic E-state index is 0. The maximum atomic E-state index is 12.7. The van der Waals surface area contributed by atoms with Gasteiger partial charge in [-0.05, 0) is 43.4 Å². The molecule has 25 heavy (non-hydrogen) atoms. The SMILES string of the molecule is CC(=O)NC(CC(=O)N1CCCC(C(C)N)C1)c1ccc(Br)cc1.Cl. The Labute approximate surface area is 164 Å². The second-order valence-electron chi connectivity index (χ2n) is 6.61. The largest absolute Gasteiger partial charge is 0.349 e. The molecule has 0 aliphatic carbocycles. The number of halogens is 2. The number of hydrogen-bond acceptors (Lipinski definition) is 3. The Balaban J connectivity index is 0.00000312. The molecule has 1 aliphatic rings. The number of rotatable bonds is 5. The molecule has 1 saturated heterocycles. The molecule has 1 aromatic carbocycles. The summed E-state index contributed by atoms with van der Waals surface area (Å²) in [6.45, 7) is 4.96. The Hall–Kier alpha value is -1.11. The number of carbonyl (C=O) groups is 2. The summed E-state index contributed by atoms with van der Waals surface area (Å²) in [7, 11) is 0. The van der Waals surface area contributed by atoms with Crippen LogP contribution in [0.25, 0.3) is 0 Å². The van der Waals surface area contributed by atoms with Crippen molar-refractivity contribution in [3.8, 4) is 0 Å². The normalized spacial score (nSPS) is 19.5. The Morgan fingerprint density at radius 2 is 2.00 bits per heavy atom. The van der Waals surface area contributed by atoms with E-state index in [-0.39, 0.29) is 42.7 Å². The molecule has 0 aromatic heterocycles. The van der Waals surface area contributed by atoms with Crippen molar-refractivity contribution in [2.24, 2.45) is 11.7 Å². The predicted molar refractivity (Wildman–Crippen MR) is 106 cm³/mol. The second-order valence-corrected chi connectivity index (χ2v) is 7.53. The molecule has 1 aromatic rings. The van der Waals surface area contributed by atoms with Crippen LogP contribution in [0.1, 0.15) is 44.7 Å². The first-order chi connectivity index (χ1) is 11.4. The molecular formula is C18H27BrClN3O2. The van der Waals surface area contributed by atoms with Crippen LogP contribution in [0.15, 0.2) is 28.7 Å². The van der Waals surface area contributed by atoms with Gasteiger partial charge >= 0.3 is 0 Å². The van der Waals surface area contributed by atoms with Gasteiger partial charge in [-0.2, -0.15) is 0 Å². The third-order valence-corrected chi connectivity index (χ3v) is 5.11. The van der Waals surface area contributed by atoms with E-state index in [0.29, 0.717) is 12.5 Å². The number of piperidine rings is 1. The van der Waals surface area contributed by atoms with Crippen LogP contribution in [-0.2, 0) is 9.59 Å². The summed E-state index contributed by atoms with van der Waals surface area (Å²) in [6.07, 6.45) is 2.33. The van der Waals surface area contributed by atoms with Crippen LogP contribution >= 0.6 is 28.3 Å². The lowest BCUT2D eigenvalue weighted by Crippen LogP contribution is -2.46. The molecule has 0 radical (unpaired) electrons. The molecule has 0 bridgehead atoms. The molecule has 2 rings (SSSR count). The van der Waals surface area contributed by atoms with Gasteiger partial charge in [0.2, 0.25) is 11.8 Å². The highest BCUT2D eigenvalue weighted by Crippen LogP contribution is 2.24. The van der Waals surface area contributed by atoms with E-state index in [1.807, 2.05) is 36.1 Å². The number of amides is 2. The van der Waals surface area contributed by atoms with Crippen molar-refractivity contribution in [3.05, 3.63) is 34.3 Å². The van der Waals surface area contributed by atoms with E-state index < -0.39 is 0 Å². The third-order valence-electron chi connectivity index (χ3n) is 4.58. The smallest absolute Gasteiger partial charge is 0.224 e. The Kier molecular flexibility index (Phi) is 8.89. The fourth-order valence-corrected chi connectivity index (χ4v) is 3.43. The number of likely N-dealkylation sites (tertiary alicyclic amines) is 1. The summed E-state index contributed by atoms with van der Waals surface area (Å²) >= 11 is 3.40. The first-order valence-electron chi connectivity index (χ1n) is 8.42. The van der Waals surface area contributed by atoms with Gasteiger partial charge in [-0.3, -0.25) is 9.59 Å². The number of benzene rings is 1. The van der Waals surface area contributed by atoms with Gasteiger partial charge in [0.15, 0.2) is 0 Å². The van der Waals surface area contributed by atoms with Crippen molar-refractivity contribution < 1.29 is 9.59 Å². The summed E-state index contributed by atoms with van der Waals surface area (Å²) in [4.78, 5) is 26.1. The van der Waals surface area contributed by atoms with E-state index in [0.717, 1.165) is 29.4 Å². The van der Waals surface area contributed by atoms with Crippen LogP contribution < -0.4 is 11.1 Å². The zero-order valence-corrected chi connectivity index (χ0v) is 17.1. The standard InChI is InChI=1S/C18H26BrN3O2.ClH/c1-12(20)15-4-3-9-22(11-15)18(24)10-17(21-13(2)23)14-5-7-16(19)8-6-14;/h5-8,12,15,17H,3-4,9-11,20H2,1-2H3,(H,21,23);1H. The molecule has 2 amide bonds. The van der Waals surface area contributed by atoms with E-state index >= 15 is 0 Å². The summed E-state index contributed by atoms with van der Waals surface area (Å²) in [5.74, 6) is 0.291. The molecule has 3 atom stereocenters. The van der Waals surface area contributed by atoms with E-state index in [2.05, 4.69) is 21.2 Å². The fourth-order valence-electron chi connectivity index (χ4n) is 3.16. The quantitative estimate of drug-likeness (QED) is 0.751. The molecule has 3 N–H and O–H groups in total. The van der Waals surface area contributed by atoms with Gasteiger partial charge < -0.3 is 16.0 Å². The number of nitrogens with one attached hydrogen (secondary N) is 1. The van der Waals surface area contributed by atoms with Crippen LogP contribution in [0.5, 0.6) is 0 Å². The number of hydrogen-bond donors (Lipinski definition) is 2. The first-order valence-corrected chi connectivity index (χ1v) is 9.22. The monoisotopic (exact) mass is 431 g/mol. The molecule has 3 unspecified atom stereocenters. The second kappa shape index (κ2) is 10.1. The average molecular weight is 433 g/mol. The summed E-state index contributed by atoms with van der Waals surface area (Å²) in [5, 5.41) is 2.89. The maximum absolute atomic E-state index is 12.7. The average Bonchev–Trinajstić information content (AvgIpc) is 2.54. The van der Waals surface area contributed by atoms with Gasteiger partial charge in [0.1, 0.15) is 0 Å². The van der Waals surface area contributed by atoms with Crippen molar-refractivity contribution in [2.75, 3.05) is 13.1 Å². The highest BCUT2D eigenvalue weighted by molar-refractivity contribution is 9.10. The van der Waals surface area contributed by atoms with Crippen LogP contribution in [0.2, 0.25) is 0 Å². The van der Waals surface area contributed by atoms with E-state index in [4.69, 9.17) is 5.73 Å². The van der Waals surface area contributed by atoms with Crippen molar-refractivity contribution >= 4 is 40.2 Å². The van der Waals surface area contributed by atoms with Crippen LogP contribution in [0.3, 0.4) is 0 Å². The van der Waals surface area contributed by atoms with E-state index in [9.17, 15) is 9.59 Å². The minimum Gasteiger partial charge on any atom is -0.349 e. The van der Waals surface area contributed by atoms with Crippen LogP contribution in [0, 0.1) is 5.92 Å². The Morgan fingerprint density at radius 1 is 1.36 bits per heavy atom. The van der Waals surface area contributed by atoms with E-state index in [1.165, 1.54) is 6.92 Å². The molecule has 1 aliphatic heterocycles. The van der Waals surface area contributed by atoms with Crippen molar-refractivity contribution in [3.63, 3.8) is 0 Å². The lowest BCUT2D eigenvalue weighted by atomic mass is 9.91. The van der Waals surface area contributed by atoms with Crippen LogP contribution in [0.4, 0.5) is 0 Å². The van der Waals surface area contributed by atoms with E-state index in [1.54, 1.807) is 0 Å². The van der Waals surface area contributed by atoms with Crippen LogP contribution in [-0.4, -0.2) is 35.8 Å². The molecule has 5 nitrogen and oxygen atoms in total. The fraction of sp³-hybridized carbons (Fsp3) is 0.556. The number of nitrogens with zero attached hydrogens (tertiary/aromatic N) is 1. The molecule has 0 spiro atoms. The Bertz CT molecular complexity index is 580. The molecule has 140 valence electrons. The summed E-state index contributed by atoms with van der Waals surface area (Å²) in [5.41, 5.74) is 6.94. The summed E-state index contributed by atoms with van der Waals surface area (Å²) in [6, 6.07) is 7.48. The van der Waals surface area contributed by atoms with Gasteiger partial charge in [0.25, 0.3) is 0 Å². The van der Waals surface area contributed by atoms with Gasteiger partial charge in [0, 0.05) is 30.5 Å². The van der Waals surface area contributed by atoms with Gasteiger partial charge in [-0.15, -0.1) is 12.4 Å². The van der Waals surface area contributed by atoms with Gasteiger partial charge in [-0.25, -0.2) is 0 Å². The van der Waals surface area contributed by atoms with Crippen molar-refractivity contribution in [1.82, 2.24) is 10.2 Å². The molecule has 1 fully saturated rings. The zero-order chi connectivity index (χ0) is 17.7. The predicted octanol–water partition coefficient (Wildman–Crippen LogP) is 3.02. The Morgan fingerprint density at radius 3 is 2.56 bits per heavy atom. The van der Waals surface area contributed by atoms with Gasteiger partial charge in [0.05, 0.1) is 12.5 Å². The highest BCUT2D eigenvalue weighted by atomic mass is 79.9. The lowest BCUT2D eigenvalue weighted by molar-refractivity contribution is -0.134. The maximum Gasteiger partial charge on any atom is 0.224 e. The van der Waals surface area contributed by atoms with Gasteiger partial charge in [-0.1, -0.05) is 28.1 Å². The third kappa shape index (κ3) is 6.60. The minimum atomic E-state index is -0.307. The highest BCUT2D eigenvalue weighted by Gasteiger charge is 2.27. The molecule has 1 heterocycles. The zero-order valence-electron chi connectivity index (χ0n) is 14.7. The molecular weight excluding hydrogens is 406 g/mol.